The Hall–Kier alpha value is -2.94. The summed E-state index contributed by atoms with van der Waals surface area (Å²) in [6.45, 7) is 2.05. The molecule has 2 rings (SSSR count). The molecule has 0 aliphatic heterocycles. The van der Waals surface area contributed by atoms with E-state index in [1.165, 1.54) is 56.9 Å². The number of carbonyl (C=O) groups excluding carboxylic acids is 1. The third-order valence-corrected chi connectivity index (χ3v) is 5.35. The Kier molecular flexibility index (Phi) is 12.0. The number of hydrogen-bond donors (Lipinski definition) is 4. The summed E-state index contributed by atoms with van der Waals surface area (Å²) in [7, 11) is 0. The molecule has 1 aromatic heterocycles. The summed E-state index contributed by atoms with van der Waals surface area (Å²) in [5.74, 6) is 0.253. The van der Waals surface area contributed by atoms with Gasteiger partial charge in [-0.05, 0) is 18.4 Å². The molecule has 2 aromatic rings. The van der Waals surface area contributed by atoms with Crippen molar-refractivity contribution in [2.75, 3.05) is 6.54 Å². The number of carbonyl (C=O) groups is 2. The number of aryl methyl sites for hydroxylation is 1. The molecule has 182 valence electrons. The van der Waals surface area contributed by atoms with Gasteiger partial charge in [0.15, 0.2) is 0 Å². The fourth-order valence-electron chi connectivity index (χ4n) is 3.47. The monoisotopic (exact) mass is 460 g/mol. The second-order valence-corrected chi connectivity index (χ2v) is 8.25. The Bertz CT molecular complexity index is 838. The summed E-state index contributed by atoms with van der Waals surface area (Å²) in [6, 6.07) is 8.11. The maximum Gasteiger partial charge on any atom is 0.404 e. The molecule has 0 spiro atoms. The van der Waals surface area contributed by atoms with Crippen molar-refractivity contribution >= 4 is 12.0 Å². The molecule has 1 aromatic carbocycles. The molecule has 0 saturated carbocycles. The van der Waals surface area contributed by atoms with Gasteiger partial charge in [0.05, 0.1) is 19.1 Å². The van der Waals surface area contributed by atoms with Crippen molar-refractivity contribution in [1.82, 2.24) is 20.8 Å². The normalized spacial score (nSPS) is 11.8. The molecule has 1 unspecified atom stereocenters. The van der Waals surface area contributed by atoms with Gasteiger partial charge in [-0.1, -0.05) is 81.3 Å². The molecule has 0 bridgehead atoms. The van der Waals surface area contributed by atoms with Gasteiger partial charge in [-0.15, -0.1) is 0 Å². The van der Waals surface area contributed by atoms with Gasteiger partial charge in [0.25, 0.3) is 0 Å². The van der Waals surface area contributed by atoms with E-state index >= 15 is 0 Å². The first-order valence-electron chi connectivity index (χ1n) is 11.8. The van der Waals surface area contributed by atoms with E-state index in [1.54, 1.807) is 0 Å². The molecule has 0 aliphatic rings. The number of rotatable bonds is 16. The average molecular weight is 461 g/mol. The summed E-state index contributed by atoms with van der Waals surface area (Å²) in [4.78, 5) is 26.5. The van der Waals surface area contributed by atoms with Crippen LogP contribution >= 0.6 is 0 Å². The molecule has 0 radical (unpaired) electrons. The van der Waals surface area contributed by atoms with Gasteiger partial charge < -0.3 is 25.4 Å². The molecule has 1 heterocycles. The minimum absolute atomic E-state index is 0.0292. The fraction of sp³-hybridized carbons (Fsp3) is 0.583. The van der Waals surface area contributed by atoms with Gasteiger partial charge in [0.2, 0.25) is 17.6 Å². The van der Waals surface area contributed by atoms with Crippen LogP contribution in [0.5, 0.6) is 0 Å². The number of aliphatic hydroxyl groups excluding tert-OH is 1. The average Bonchev–Trinajstić information content (AvgIpc) is 3.27. The number of hydrogen-bond acceptors (Lipinski definition) is 6. The highest BCUT2D eigenvalue weighted by atomic mass is 16.5. The van der Waals surface area contributed by atoms with E-state index in [9.17, 15) is 14.7 Å². The molecule has 9 nitrogen and oxygen atoms in total. The predicted octanol–water partition coefficient (Wildman–Crippen LogP) is 4.05. The van der Waals surface area contributed by atoms with E-state index in [0.29, 0.717) is 5.82 Å². The van der Waals surface area contributed by atoms with E-state index in [4.69, 9.17) is 9.63 Å². The Morgan fingerprint density at radius 1 is 1.00 bits per heavy atom. The van der Waals surface area contributed by atoms with Crippen molar-refractivity contribution in [1.29, 1.82) is 0 Å². The molecule has 0 saturated heterocycles. The van der Waals surface area contributed by atoms with Crippen LogP contribution in [-0.2, 0) is 17.8 Å². The molecule has 33 heavy (non-hydrogen) atoms. The molecule has 0 aliphatic carbocycles. The minimum Gasteiger partial charge on any atom is -0.465 e. The summed E-state index contributed by atoms with van der Waals surface area (Å²) in [6.07, 6.45) is 8.92. The van der Waals surface area contributed by atoms with Crippen LogP contribution in [0.25, 0.3) is 11.4 Å². The second-order valence-electron chi connectivity index (χ2n) is 8.25. The zero-order valence-electron chi connectivity index (χ0n) is 19.4. The summed E-state index contributed by atoms with van der Waals surface area (Å²) in [5.41, 5.74) is 2.13. The Balaban J connectivity index is 1.68. The Morgan fingerprint density at radius 3 is 2.33 bits per heavy atom. The summed E-state index contributed by atoms with van der Waals surface area (Å²) in [5, 5.41) is 26.7. The maximum atomic E-state index is 11.8. The van der Waals surface area contributed by atoms with E-state index in [0.717, 1.165) is 12.0 Å². The van der Waals surface area contributed by atoms with Crippen LogP contribution in [0, 0.1) is 0 Å². The van der Waals surface area contributed by atoms with E-state index in [-0.39, 0.29) is 25.4 Å². The predicted molar refractivity (Wildman–Crippen MR) is 125 cm³/mol. The van der Waals surface area contributed by atoms with Crippen LogP contribution in [0.1, 0.15) is 76.2 Å². The van der Waals surface area contributed by atoms with Gasteiger partial charge in [0.1, 0.15) is 0 Å². The number of carboxylic acid groups (broad SMARTS) is 1. The van der Waals surface area contributed by atoms with E-state index in [2.05, 4.69) is 34.5 Å². The lowest BCUT2D eigenvalue weighted by atomic mass is 10.0. The number of aromatic nitrogens is 2. The number of nitrogens with zero attached hydrogens (tertiary/aromatic N) is 2. The molecule has 4 N–H and O–H groups in total. The van der Waals surface area contributed by atoms with Gasteiger partial charge >= 0.3 is 6.09 Å². The number of benzene rings is 1. The summed E-state index contributed by atoms with van der Waals surface area (Å²) >= 11 is 0. The first-order chi connectivity index (χ1) is 16.0. The summed E-state index contributed by atoms with van der Waals surface area (Å²) < 4.78 is 5.18. The van der Waals surface area contributed by atoms with Gasteiger partial charge in [-0.3, -0.25) is 4.79 Å². The van der Waals surface area contributed by atoms with Crippen LogP contribution in [0.15, 0.2) is 28.8 Å². The molecule has 0 fully saturated rings. The zero-order chi connectivity index (χ0) is 23.9. The first-order valence-corrected chi connectivity index (χ1v) is 11.8. The highest BCUT2D eigenvalue weighted by Crippen LogP contribution is 2.18. The third kappa shape index (κ3) is 11.0. The van der Waals surface area contributed by atoms with Crippen molar-refractivity contribution in [3.05, 3.63) is 35.7 Å². The largest absolute Gasteiger partial charge is 0.465 e. The van der Waals surface area contributed by atoms with Crippen molar-refractivity contribution in [3.8, 4) is 11.4 Å². The smallest absolute Gasteiger partial charge is 0.404 e. The van der Waals surface area contributed by atoms with Crippen LogP contribution < -0.4 is 10.6 Å². The van der Waals surface area contributed by atoms with Crippen LogP contribution in [0.4, 0.5) is 4.79 Å². The maximum absolute atomic E-state index is 11.8. The number of unbranched alkanes of at least 4 members (excludes halogenated alkanes) is 7. The van der Waals surface area contributed by atoms with E-state index in [1.807, 2.05) is 17.4 Å². The second kappa shape index (κ2) is 15.0. The van der Waals surface area contributed by atoms with Gasteiger partial charge in [0, 0.05) is 12.1 Å². The van der Waals surface area contributed by atoms with Crippen molar-refractivity contribution in [2.24, 2.45) is 0 Å². The van der Waals surface area contributed by atoms with Crippen LogP contribution in [0.2, 0.25) is 0 Å². The molecule has 2 amide bonds. The highest BCUT2D eigenvalue weighted by molar-refractivity contribution is 5.76. The van der Waals surface area contributed by atoms with Gasteiger partial charge in [-0.25, -0.2) is 4.79 Å². The zero-order valence-corrected chi connectivity index (χ0v) is 19.4. The topological polar surface area (TPSA) is 138 Å². The molecular formula is C24H36N4O5. The minimum atomic E-state index is -1.26. The van der Waals surface area contributed by atoms with Gasteiger partial charge in [-0.2, -0.15) is 4.98 Å². The Labute approximate surface area is 195 Å². The quantitative estimate of drug-likeness (QED) is 0.277. The van der Waals surface area contributed by atoms with Crippen molar-refractivity contribution in [3.63, 3.8) is 0 Å². The first kappa shape index (κ1) is 26.3. The van der Waals surface area contributed by atoms with Crippen LogP contribution in [0.3, 0.4) is 0 Å². The lowest BCUT2D eigenvalue weighted by molar-refractivity contribution is -0.123. The number of aliphatic hydroxyl groups is 1. The van der Waals surface area contributed by atoms with Crippen molar-refractivity contribution < 1.29 is 24.3 Å². The molecular weight excluding hydrogens is 424 g/mol. The SMILES string of the molecule is CCCCCCCCCCc1ccc(-c2noc(CNC(=O)CC(O)CNC(=O)O)n2)cc1. The lowest BCUT2D eigenvalue weighted by Crippen LogP contribution is -2.35. The lowest BCUT2D eigenvalue weighted by Gasteiger charge is -2.09. The fourth-order valence-corrected chi connectivity index (χ4v) is 3.47. The molecule has 9 heteroatoms. The highest BCUT2D eigenvalue weighted by Gasteiger charge is 2.14. The van der Waals surface area contributed by atoms with Crippen molar-refractivity contribution in [2.45, 2.75) is 83.8 Å². The number of nitrogens with one attached hydrogen (secondary N) is 2. The van der Waals surface area contributed by atoms with E-state index < -0.39 is 18.1 Å². The number of amides is 2. The van der Waals surface area contributed by atoms with Crippen LogP contribution in [-0.4, -0.2) is 45.0 Å². The Morgan fingerprint density at radius 2 is 1.67 bits per heavy atom. The third-order valence-electron chi connectivity index (χ3n) is 5.35. The standard InChI is InChI=1S/C24H36N4O5/c1-2-3-4-5-6-7-8-9-10-18-11-13-19(14-12-18)23-27-22(33-28-23)17-25-21(30)15-20(29)16-26-24(31)32/h11-14,20,26,29H,2-10,15-17H2,1H3,(H,25,30)(H,31,32). The molecule has 1 atom stereocenters.